The summed E-state index contributed by atoms with van der Waals surface area (Å²) in [5, 5.41) is 0.816. The van der Waals surface area contributed by atoms with E-state index in [2.05, 4.69) is 0 Å². The number of halogens is 3. The average molecular weight is 342 g/mol. The molecule has 2 rings (SSSR count). The lowest BCUT2D eigenvalue weighted by atomic mass is 10.2. The fourth-order valence-corrected chi connectivity index (χ4v) is 2.33. The van der Waals surface area contributed by atoms with Gasteiger partial charge >= 0.3 is 0 Å². The van der Waals surface area contributed by atoms with Crippen molar-refractivity contribution in [3.8, 4) is 5.75 Å². The van der Waals surface area contributed by atoms with Crippen LogP contribution in [0.5, 0.6) is 5.75 Å². The summed E-state index contributed by atoms with van der Waals surface area (Å²) in [5.74, 6) is -0.265. The van der Waals surface area contributed by atoms with Crippen LogP contribution < -0.4 is 9.64 Å². The fraction of sp³-hybridized carbons (Fsp3) is 0.188. The molecule has 1 amide bonds. The van der Waals surface area contributed by atoms with E-state index in [1.54, 1.807) is 32.2 Å². The molecule has 0 aliphatic rings. The molecule has 6 heteroatoms. The van der Waals surface area contributed by atoms with Crippen molar-refractivity contribution in [3.63, 3.8) is 0 Å². The van der Waals surface area contributed by atoms with Crippen LogP contribution in [0, 0.1) is 5.82 Å². The van der Waals surface area contributed by atoms with Gasteiger partial charge in [0.2, 0.25) is 0 Å². The zero-order valence-corrected chi connectivity index (χ0v) is 13.5. The van der Waals surface area contributed by atoms with Crippen molar-refractivity contribution < 1.29 is 13.9 Å². The summed E-state index contributed by atoms with van der Waals surface area (Å²) in [4.78, 5) is 13.7. The first kappa shape index (κ1) is 16.6. The van der Waals surface area contributed by atoms with Crippen molar-refractivity contribution >= 4 is 34.8 Å². The van der Waals surface area contributed by atoms with Gasteiger partial charge in [0.15, 0.2) is 6.10 Å². The van der Waals surface area contributed by atoms with E-state index in [1.165, 1.54) is 29.2 Å². The first-order chi connectivity index (χ1) is 10.4. The van der Waals surface area contributed by atoms with Crippen molar-refractivity contribution in [2.75, 3.05) is 11.9 Å². The Labute approximate surface area is 138 Å². The van der Waals surface area contributed by atoms with Crippen molar-refractivity contribution in [3.05, 3.63) is 58.3 Å². The fourth-order valence-electron chi connectivity index (χ4n) is 1.88. The highest BCUT2D eigenvalue weighted by atomic mass is 35.5. The highest BCUT2D eigenvalue weighted by molar-refractivity contribution is 6.35. The molecule has 2 aromatic carbocycles. The molecule has 22 heavy (non-hydrogen) atoms. The molecule has 0 aromatic heterocycles. The van der Waals surface area contributed by atoms with Crippen LogP contribution in [0.2, 0.25) is 10.0 Å². The summed E-state index contributed by atoms with van der Waals surface area (Å²) in [5.41, 5.74) is 0.573. The molecule has 0 radical (unpaired) electrons. The van der Waals surface area contributed by atoms with Gasteiger partial charge in [0, 0.05) is 17.8 Å². The lowest BCUT2D eigenvalue weighted by Gasteiger charge is -2.22. The summed E-state index contributed by atoms with van der Waals surface area (Å²) in [7, 11) is 1.60. The first-order valence-corrected chi connectivity index (χ1v) is 7.29. The molecule has 0 spiro atoms. The van der Waals surface area contributed by atoms with Crippen LogP contribution in [-0.2, 0) is 4.79 Å². The van der Waals surface area contributed by atoms with Gasteiger partial charge in [-0.2, -0.15) is 0 Å². The standard InChI is InChI=1S/C16H14Cl2FNO2/c1-10(22-15-8-3-11(17)9-14(15)18)16(21)20(2)13-6-4-12(19)5-7-13/h3-10H,1-2H3. The molecular formula is C16H14Cl2FNO2. The number of hydrogen-bond donors (Lipinski definition) is 0. The number of anilines is 1. The van der Waals surface area contributed by atoms with Gasteiger partial charge in [0.1, 0.15) is 11.6 Å². The van der Waals surface area contributed by atoms with E-state index in [1.807, 2.05) is 0 Å². The zero-order valence-electron chi connectivity index (χ0n) is 12.0. The third-order valence-electron chi connectivity index (χ3n) is 3.09. The molecule has 0 fully saturated rings. The van der Waals surface area contributed by atoms with Crippen LogP contribution in [0.3, 0.4) is 0 Å². The Balaban J connectivity index is 2.09. The first-order valence-electron chi connectivity index (χ1n) is 6.53. The zero-order chi connectivity index (χ0) is 16.3. The Morgan fingerprint density at radius 3 is 2.41 bits per heavy atom. The molecular weight excluding hydrogens is 328 g/mol. The molecule has 0 aliphatic carbocycles. The van der Waals surface area contributed by atoms with E-state index in [9.17, 15) is 9.18 Å². The van der Waals surface area contributed by atoms with Gasteiger partial charge in [-0.25, -0.2) is 4.39 Å². The SMILES string of the molecule is CC(Oc1ccc(Cl)cc1Cl)C(=O)N(C)c1ccc(F)cc1. The van der Waals surface area contributed by atoms with Gasteiger partial charge in [-0.05, 0) is 49.4 Å². The van der Waals surface area contributed by atoms with Crippen LogP contribution in [0.15, 0.2) is 42.5 Å². The largest absolute Gasteiger partial charge is 0.479 e. The second-order valence-corrected chi connectivity index (χ2v) is 5.55. The third kappa shape index (κ3) is 3.90. The number of amides is 1. The number of ether oxygens (including phenoxy) is 1. The molecule has 0 aliphatic heterocycles. The summed E-state index contributed by atoms with van der Waals surface area (Å²) in [6, 6.07) is 10.4. The van der Waals surface area contributed by atoms with Gasteiger partial charge in [-0.1, -0.05) is 23.2 Å². The second-order valence-electron chi connectivity index (χ2n) is 4.71. The van der Waals surface area contributed by atoms with Gasteiger partial charge in [-0.15, -0.1) is 0 Å². The predicted octanol–water partition coefficient (Wildman–Crippen LogP) is 4.56. The smallest absolute Gasteiger partial charge is 0.267 e. The highest BCUT2D eigenvalue weighted by Crippen LogP contribution is 2.28. The van der Waals surface area contributed by atoms with Gasteiger partial charge < -0.3 is 9.64 Å². The quantitative estimate of drug-likeness (QED) is 0.815. The van der Waals surface area contributed by atoms with E-state index in [0.717, 1.165) is 0 Å². The van der Waals surface area contributed by atoms with Gasteiger partial charge in [0.25, 0.3) is 5.91 Å². The molecule has 116 valence electrons. The third-order valence-corrected chi connectivity index (χ3v) is 3.62. The van der Waals surface area contributed by atoms with Crippen molar-refractivity contribution in [2.24, 2.45) is 0 Å². The number of hydrogen-bond acceptors (Lipinski definition) is 2. The normalized spacial score (nSPS) is 11.9. The van der Waals surface area contributed by atoms with Crippen LogP contribution >= 0.6 is 23.2 Å². The minimum atomic E-state index is -0.756. The highest BCUT2D eigenvalue weighted by Gasteiger charge is 2.21. The van der Waals surface area contributed by atoms with E-state index in [0.29, 0.717) is 21.5 Å². The van der Waals surface area contributed by atoms with Crippen molar-refractivity contribution in [1.29, 1.82) is 0 Å². The second kappa shape index (κ2) is 6.99. The molecule has 1 atom stereocenters. The maximum absolute atomic E-state index is 12.9. The van der Waals surface area contributed by atoms with E-state index in [-0.39, 0.29) is 11.7 Å². The average Bonchev–Trinajstić information content (AvgIpc) is 2.49. The maximum atomic E-state index is 12.9. The topological polar surface area (TPSA) is 29.5 Å². The van der Waals surface area contributed by atoms with Crippen LogP contribution in [0.4, 0.5) is 10.1 Å². The number of rotatable bonds is 4. The molecule has 1 unspecified atom stereocenters. The summed E-state index contributed by atoms with van der Waals surface area (Å²) in [6.07, 6.45) is -0.756. The van der Waals surface area contributed by atoms with Crippen LogP contribution in [0.25, 0.3) is 0 Å². The van der Waals surface area contributed by atoms with Gasteiger partial charge in [0.05, 0.1) is 5.02 Å². The van der Waals surface area contributed by atoms with Crippen LogP contribution in [0.1, 0.15) is 6.92 Å². The Hall–Kier alpha value is -1.78. The molecule has 0 saturated heterocycles. The van der Waals surface area contributed by atoms with Gasteiger partial charge in [-0.3, -0.25) is 4.79 Å². The summed E-state index contributed by atoms with van der Waals surface area (Å²) >= 11 is 11.8. The van der Waals surface area contributed by atoms with Crippen LogP contribution in [-0.4, -0.2) is 19.1 Å². The summed E-state index contributed by atoms with van der Waals surface area (Å²) < 4.78 is 18.5. The lowest BCUT2D eigenvalue weighted by Crippen LogP contribution is -2.38. The molecule has 0 saturated carbocycles. The predicted molar refractivity (Wildman–Crippen MR) is 86.4 cm³/mol. The number of carbonyl (C=O) groups is 1. The monoisotopic (exact) mass is 341 g/mol. The Morgan fingerprint density at radius 1 is 1.18 bits per heavy atom. The van der Waals surface area contributed by atoms with Crippen molar-refractivity contribution in [2.45, 2.75) is 13.0 Å². The Morgan fingerprint density at radius 2 is 1.82 bits per heavy atom. The Bertz CT molecular complexity index is 676. The number of carbonyl (C=O) groups excluding carboxylic acids is 1. The molecule has 0 heterocycles. The minimum absolute atomic E-state index is 0.280. The maximum Gasteiger partial charge on any atom is 0.267 e. The molecule has 0 N–H and O–H groups in total. The van der Waals surface area contributed by atoms with E-state index < -0.39 is 6.10 Å². The number of likely N-dealkylation sites (N-methyl/N-ethyl adjacent to an activating group) is 1. The van der Waals surface area contributed by atoms with Crippen molar-refractivity contribution in [1.82, 2.24) is 0 Å². The minimum Gasteiger partial charge on any atom is -0.479 e. The number of benzene rings is 2. The molecule has 2 aromatic rings. The van der Waals surface area contributed by atoms with E-state index >= 15 is 0 Å². The Kier molecular flexibility index (Phi) is 5.27. The number of nitrogens with zero attached hydrogens (tertiary/aromatic N) is 1. The molecule has 3 nitrogen and oxygen atoms in total. The lowest BCUT2D eigenvalue weighted by molar-refractivity contribution is -0.124. The summed E-state index contributed by atoms with van der Waals surface area (Å²) in [6.45, 7) is 1.62. The van der Waals surface area contributed by atoms with E-state index in [4.69, 9.17) is 27.9 Å². The molecule has 0 bridgehead atoms.